The Hall–Kier alpha value is -0.520. The summed E-state index contributed by atoms with van der Waals surface area (Å²) in [7, 11) is 0. The molecule has 2 unspecified atom stereocenters. The number of rotatable bonds is 5. The average Bonchev–Trinajstić information content (AvgIpc) is 2.56. The monoisotopic (exact) mass is 221 g/mol. The minimum Gasteiger partial charge on any atom is -0.366 e. The topological polar surface area (TPSA) is 35.2 Å². The Kier molecular flexibility index (Phi) is 4.44. The number of hydrogen-bond donors (Lipinski definition) is 1. The van der Waals surface area contributed by atoms with Gasteiger partial charge in [0.1, 0.15) is 6.61 Å². The van der Waals surface area contributed by atoms with Gasteiger partial charge < -0.3 is 10.5 Å². The first-order valence-electron chi connectivity index (χ1n) is 4.28. The van der Waals surface area contributed by atoms with Crippen LogP contribution in [0.1, 0.15) is 18.6 Å². The van der Waals surface area contributed by atoms with Crippen molar-refractivity contribution in [3.63, 3.8) is 0 Å². The second-order valence-electron chi connectivity index (χ2n) is 3.06. The molecule has 1 aromatic rings. The molecule has 2 atom stereocenters. The van der Waals surface area contributed by atoms with E-state index in [1.165, 1.54) is 11.3 Å². The maximum absolute atomic E-state index is 11.9. The molecule has 0 amide bonds. The molecular formula is C9H13F2NOS. The number of halogens is 2. The van der Waals surface area contributed by atoms with E-state index in [0.29, 0.717) is 0 Å². The molecule has 1 heterocycles. The molecule has 0 bridgehead atoms. The Morgan fingerprint density at radius 1 is 1.57 bits per heavy atom. The molecule has 0 saturated carbocycles. The summed E-state index contributed by atoms with van der Waals surface area (Å²) in [6, 6.07) is 1.55. The third-order valence-electron chi connectivity index (χ3n) is 1.75. The molecule has 2 N–H and O–H groups in total. The predicted molar refractivity (Wildman–Crippen MR) is 52.7 cm³/mol. The van der Waals surface area contributed by atoms with Gasteiger partial charge in [0, 0.05) is 6.04 Å². The molecule has 0 radical (unpaired) electrons. The second kappa shape index (κ2) is 5.38. The molecule has 0 saturated heterocycles. The Morgan fingerprint density at radius 3 is 2.71 bits per heavy atom. The van der Waals surface area contributed by atoms with Gasteiger partial charge in [0.2, 0.25) is 0 Å². The van der Waals surface area contributed by atoms with E-state index in [1.54, 1.807) is 6.92 Å². The fourth-order valence-corrected chi connectivity index (χ4v) is 1.85. The highest BCUT2D eigenvalue weighted by Crippen LogP contribution is 2.23. The van der Waals surface area contributed by atoms with Gasteiger partial charge in [-0.1, -0.05) is 0 Å². The Balaban J connectivity index is 2.57. The first kappa shape index (κ1) is 11.6. The van der Waals surface area contributed by atoms with E-state index in [9.17, 15) is 8.78 Å². The third-order valence-corrected chi connectivity index (χ3v) is 2.45. The van der Waals surface area contributed by atoms with Gasteiger partial charge in [0.25, 0.3) is 6.43 Å². The van der Waals surface area contributed by atoms with Crippen LogP contribution in [0.4, 0.5) is 8.78 Å². The standard InChI is InChI=1S/C9H13F2NOS/c1-6(12)9(13-4-8(10)11)7-2-3-14-5-7/h2-3,5-6,8-9H,4,12H2,1H3. The van der Waals surface area contributed by atoms with E-state index in [4.69, 9.17) is 10.5 Å². The fraction of sp³-hybridized carbons (Fsp3) is 0.556. The Bertz CT molecular complexity index is 251. The highest BCUT2D eigenvalue weighted by atomic mass is 32.1. The van der Waals surface area contributed by atoms with Crippen molar-refractivity contribution in [2.75, 3.05) is 6.61 Å². The van der Waals surface area contributed by atoms with Crippen LogP contribution in [0, 0.1) is 0 Å². The van der Waals surface area contributed by atoms with E-state index in [-0.39, 0.29) is 6.04 Å². The van der Waals surface area contributed by atoms with Crippen molar-refractivity contribution in [1.29, 1.82) is 0 Å². The summed E-state index contributed by atoms with van der Waals surface area (Å²) in [6.07, 6.45) is -2.88. The molecule has 2 nitrogen and oxygen atoms in total. The van der Waals surface area contributed by atoms with Gasteiger partial charge in [-0.25, -0.2) is 8.78 Å². The van der Waals surface area contributed by atoms with Gasteiger partial charge in [-0.15, -0.1) is 0 Å². The first-order valence-corrected chi connectivity index (χ1v) is 5.23. The van der Waals surface area contributed by atoms with Gasteiger partial charge in [-0.05, 0) is 29.3 Å². The Morgan fingerprint density at radius 2 is 2.29 bits per heavy atom. The van der Waals surface area contributed by atoms with Gasteiger partial charge in [0.15, 0.2) is 0 Å². The van der Waals surface area contributed by atoms with Crippen molar-refractivity contribution < 1.29 is 13.5 Å². The Labute approximate surface area is 85.7 Å². The molecule has 0 aliphatic rings. The zero-order valence-corrected chi connectivity index (χ0v) is 8.64. The van der Waals surface area contributed by atoms with Crippen LogP contribution in [0.5, 0.6) is 0 Å². The SMILES string of the molecule is CC(N)C(OCC(F)F)c1ccsc1. The molecule has 5 heteroatoms. The quantitative estimate of drug-likeness (QED) is 0.828. The average molecular weight is 221 g/mol. The van der Waals surface area contributed by atoms with Crippen molar-refractivity contribution in [2.45, 2.75) is 25.5 Å². The van der Waals surface area contributed by atoms with Crippen LogP contribution < -0.4 is 5.73 Å². The highest BCUT2D eigenvalue weighted by Gasteiger charge is 2.18. The van der Waals surface area contributed by atoms with Crippen molar-refractivity contribution >= 4 is 11.3 Å². The lowest BCUT2D eigenvalue weighted by Crippen LogP contribution is -2.28. The maximum atomic E-state index is 11.9. The van der Waals surface area contributed by atoms with E-state index in [0.717, 1.165) is 5.56 Å². The summed E-state index contributed by atoms with van der Waals surface area (Å²) >= 11 is 1.50. The minimum atomic E-state index is -2.45. The normalized spacial score (nSPS) is 15.8. The van der Waals surface area contributed by atoms with Crippen molar-refractivity contribution in [2.24, 2.45) is 5.73 Å². The zero-order chi connectivity index (χ0) is 10.6. The molecule has 0 aromatic carbocycles. The van der Waals surface area contributed by atoms with Crippen LogP contribution in [0.15, 0.2) is 16.8 Å². The van der Waals surface area contributed by atoms with Gasteiger partial charge in [0.05, 0.1) is 6.10 Å². The van der Waals surface area contributed by atoms with Gasteiger partial charge in [-0.2, -0.15) is 11.3 Å². The van der Waals surface area contributed by atoms with Gasteiger partial charge >= 0.3 is 0 Å². The summed E-state index contributed by atoms with van der Waals surface area (Å²) in [5, 5.41) is 3.73. The summed E-state index contributed by atoms with van der Waals surface area (Å²) in [5.41, 5.74) is 6.52. The zero-order valence-electron chi connectivity index (χ0n) is 7.82. The molecule has 0 fully saturated rings. The molecule has 1 rings (SSSR count). The summed E-state index contributed by atoms with van der Waals surface area (Å²) in [5.74, 6) is 0. The summed E-state index contributed by atoms with van der Waals surface area (Å²) in [4.78, 5) is 0. The van der Waals surface area contributed by atoms with Crippen LogP contribution in [0.25, 0.3) is 0 Å². The first-order chi connectivity index (χ1) is 6.61. The fourth-order valence-electron chi connectivity index (χ4n) is 1.16. The van der Waals surface area contributed by atoms with Crippen LogP contribution in [-0.2, 0) is 4.74 Å². The molecule has 0 aliphatic carbocycles. The predicted octanol–water partition coefficient (Wildman–Crippen LogP) is 2.42. The molecular weight excluding hydrogens is 208 g/mol. The van der Waals surface area contributed by atoms with E-state index >= 15 is 0 Å². The molecule has 80 valence electrons. The number of alkyl halides is 2. The van der Waals surface area contributed by atoms with Crippen LogP contribution in [0.3, 0.4) is 0 Å². The lowest BCUT2D eigenvalue weighted by Gasteiger charge is -2.20. The number of ether oxygens (including phenoxy) is 1. The second-order valence-corrected chi connectivity index (χ2v) is 3.84. The van der Waals surface area contributed by atoms with E-state index in [1.807, 2.05) is 16.8 Å². The minimum absolute atomic E-state index is 0.289. The molecule has 0 spiro atoms. The third kappa shape index (κ3) is 3.32. The number of hydrogen-bond acceptors (Lipinski definition) is 3. The summed E-state index contributed by atoms with van der Waals surface area (Å²) in [6.45, 7) is 1.18. The molecule has 14 heavy (non-hydrogen) atoms. The van der Waals surface area contributed by atoms with E-state index < -0.39 is 19.1 Å². The highest BCUT2D eigenvalue weighted by molar-refractivity contribution is 7.07. The number of nitrogens with two attached hydrogens (primary N) is 1. The largest absolute Gasteiger partial charge is 0.366 e. The lowest BCUT2D eigenvalue weighted by molar-refractivity contribution is -0.0324. The van der Waals surface area contributed by atoms with Crippen LogP contribution >= 0.6 is 11.3 Å². The smallest absolute Gasteiger partial charge is 0.261 e. The lowest BCUT2D eigenvalue weighted by atomic mass is 10.1. The van der Waals surface area contributed by atoms with Crippen LogP contribution in [-0.4, -0.2) is 19.1 Å². The van der Waals surface area contributed by atoms with E-state index in [2.05, 4.69) is 0 Å². The molecule has 0 aliphatic heterocycles. The van der Waals surface area contributed by atoms with Crippen molar-refractivity contribution in [3.8, 4) is 0 Å². The van der Waals surface area contributed by atoms with Crippen LogP contribution in [0.2, 0.25) is 0 Å². The molecule has 1 aromatic heterocycles. The van der Waals surface area contributed by atoms with Crippen molar-refractivity contribution in [1.82, 2.24) is 0 Å². The van der Waals surface area contributed by atoms with Crippen molar-refractivity contribution in [3.05, 3.63) is 22.4 Å². The maximum Gasteiger partial charge on any atom is 0.261 e. The summed E-state index contributed by atoms with van der Waals surface area (Å²) < 4.78 is 28.9. The number of thiophene rings is 1. The van der Waals surface area contributed by atoms with Gasteiger partial charge in [-0.3, -0.25) is 0 Å².